The first-order valence-corrected chi connectivity index (χ1v) is 5.51. The number of benzene rings is 1. The molecular weight excluding hydrogens is 258 g/mol. The summed E-state index contributed by atoms with van der Waals surface area (Å²) in [4.78, 5) is 0. The van der Waals surface area contributed by atoms with E-state index in [1.165, 1.54) is 0 Å². The van der Waals surface area contributed by atoms with Gasteiger partial charge >= 0.3 is 0 Å². The highest BCUT2D eigenvalue weighted by Gasteiger charge is 2.14. The summed E-state index contributed by atoms with van der Waals surface area (Å²) < 4.78 is 6.33. The lowest BCUT2D eigenvalue weighted by atomic mass is 10.1. The first kappa shape index (κ1) is 10.7. The molecular formula is C11H12BrNO2. The second-order valence-electron chi connectivity index (χ2n) is 3.38. The third-order valence-corrected chi connectivity index (χ3v) is 2.95. The van der Waals surface area contributed by atoms with Gasteiger partial charge in [0.15, 0.2) is 0 Å². The lowest BCUT2D eigenvalue weighted by molar-refractivity contribution is 0.178. The molecule has 0 radical (unpaired) electrons. The molecule has 0 spiro atoms. The molecule has 2 N–H and O–H groups in total. The minimum Gasteiger partial charge on any atom is -0.463 e. The Morgan fingerprint density at radius 2 is 2.33 bits per heavy atom. The Balaban J connectivity index is 2.51. The highest BCUT2D eigenvalue weighted by atomic mass is 79.9. The van der Waals surface area contributed by atoms with Gasteiger partial charge in [-0.3, -0.25) is 0 Å². The predicted octanol–water partition coefficient (Wildman–Crippen LogP) is 2.45. The molecule has 1 atom stereocenters. The molecule has 4 heteroatoms. The van der Waals surface area contributed by atoms with Crippen LogP contribution in [0.5, 0.6) is 0 Å². The summed E-state index contributed by atoms with van der Waals surface area (Å²) in [6.45, 7) is 0.511. The summed E-state index contributed by atoms with van der Waals surface area (Å²) >= 11 is 3.40. The lowest BCUT2D eigenvalue weighted by Crippen LogP contribution is -2.16. The van der Waals surface area contributed by atoms with Crippen LogP contribution in [0.1, 0.15) is 11.7 Å². The van der Waals surface area contributed by atoms with Gasteiger partial charge in [0.1, 0.15) is 11.8 Å². The molecule has 1 aromatic heterocycles. The number of halogens is 1. The van der Waals surface area contributed by atoms with Crippen LogP contribution >= 0.6 is 15.9 Å². The molecule has 3 nitrogen and oxygen atoms in total. The molecule has 1 unspecified atom stereocenters. The average Bonchev–Trinajstić information content (AvgIpc) is 2.61. The second kappa shape index (κ2) is 4.35. The molecule has 0 fully saturated rings. The summed E-state index contributed by atoms with van der Waals surface area (Å²) in [5.41, 5.74) is 1.56. The number of hydrogen-bond donors (Lipinski definition) is 2. The number of furan rings is 1. The zero-order valence-electron chi connectivity index (χ0n) is 8.33. The Hall–Kier alpha value is -0.840. The molecule has 1 aromatic carbocycles. The van der Waals surface area contributed by atoms with E-state index in [9.17, 15) is 5.11 Å². The first-order chi connectivity index (χ1) is 7.24. The van der Waals surface area contributed by atoms with E-state index in [1.807, 2.05) is 18.2 Å². The summed E-state index contributed by atoms with van der Waals surface area (Å²) in [5.74, 6) is 0. The van der Waals surface area contributed by atoms with E-state index in [-0.39, 0.29) is 0 Å². The van der Waals surface area contributed by atoms with Crippen molar-refractivity contribution in [1.29, 1.82) is 0 Å². The van der Waals surface area contributed by atoms with Crippen LogP contribution in [0.4, 0.5) is 0 Å². The van der Waals surface area contributed by atoms with Crippen molar-refractivity contribution in [2.45, 2.75) is 6.10 Å². The van der Waals surface area contributed by atoms with Gasteiger partial charge in [0.2, 0.25) is 0 Å². The van der Waals surface area contributed by atoms with Crippen molar-refractivity contribution in [2.75, 3.05) is 13.6 Å². The standard InChI is InChI=1S/C11H12BrNO2/c1-13-5-10(14)8-4-2-3-7-9(12)6-15-11(7)8/h2-4,6,10,13-14H,5H2,1H3. The molecule has 2 rings (SSSR count). The van der Waals surface area contributed by atoms with Crippen LogP contribution in [0.15, 0.2) is 33.4 Å². The van der Waals surface area contributed by atoms with Crippen LogP contribution in [0, 0.1) is 0 Å². The van der Waals surface area contributed by atoms with Gasteiger partial charge in [0.25, 0.3) is 0 Å². The summed E-state index contributed by atoms with van der Waals surface area (Å²) in [6, 6.07) is 5.75. The lowest BCUT2D eigenvalue weighted by Gasteiger charge is -2.10. The summed E-state index contributed by atoms with van der Waals surface area (Å²) in [5, 5.41) is 13.8. The molecule has 0 aliphatic heterocycles. The Bertz CT molecular complexity index is 467. The Labute approximate surface area is 96.2 Å². The van der Waals surface area contributed by atoms with Crippen LogP contribution in [-0.4, -0.2) is 18.7 Å². The van der Waals surface area contributed by atoms with Gasteiger partial charge in [-0.05, 0) is 29.0 Å². The number of rotatable bonds is 3. The zero-order valence-corrected chi connectivity index (χ0v) is 9.91. The fraction of sp³-hybridized carbons (Fsp3) is 0.273. The van der Waals surface area contributed by atoms with Crippen LogP contribution in [0.3, 0.4) is 0 Å². The van der Waals surface area contributed by atoms with Crippen molar-refractivity contribution < 1.29 is 9.52 Å². The molecule has 0 saturated carbocycles. The van der Waals surface area contributed by atoms with E-state index in [0.29, 0.717) is 6.54 Å². The smallest absolute Gasteiger partial charge is 0.140 e. The molecule has 0 bridgehead atoms. The van der Waals surface area contributed by atoms with E-state index >= 15 is 0 Å². The number of aliphatic hydroxyl groups is 1. The predicted molar refractivity (Wildman–Crippen MR) is 62.8 cm³/mol. The van der Waals surface area contributed by atoms with Crippen molar-refractivity contribution in [3.05, 3.63) is 34.5 Å². The third-order valence-electron chi connectivity index (χ3n) is 2.34. The van der Waals surface area contributed by atoms with Gasteiger partial charge in [-0.25, -0.2) is 0 Å². The quantitative estimate of drug-likeness (QED) is 0.900. The molecule has 0 amide bonds. The summed E-state index contributed by atoms with van der Waals surface area (Å²) in [7, 11) is 1.81. The van der Waals surface area contributed by atoms with Crippen molar-refractivity contribution in [2.24, 2.45) is 0 Å². The normalized spacial score (nSPS) is 13.3. The zero-order chi connectivity index (χ0) is 10.8. The van der Waals surface area contributed by atoms with Gasteiger partial charge < -0.3 is 14.8 Å². The van der Waals surface area contributed by atoms with Gasteiger partial charge in [0.05, 0.1) is 10.6 Å². The Kier molecular flexibility index (Phi) is 3.09. The molecule has 80 valence electrons. The molecule has 0 aliphatic carbocycles. The Morgan fingerprint density at radius 3 is 3.07 bits per heavy atom. The van der Waals surface area contributed by atoms with Crippen LogP contribution < -0.4 is 5.32 Å². The fourth-order valence-corrected chi connectivity index (χ4v) is 2.02. The average molecular weight is 270 g/mol. The van der Waals surface area contributed by atoms with E-state index in [0.717, 1.165) is 21.0 Å². The minimum absolute atomic E-state index is 0.511. The molecule has 1 heterocycles. The first-order valence-electron chi connectivity index (χ1n) is 4.72. The maximum absolute atomic E-state index is 9.89. The highest BCUT2D eigenvalue weighted by molar-refractivity contribution is 9.10. The largest absolute Gasteiger partial charge is 0.463 e. The van der Waals surface area contributed by atoms with Crippen LogP contribution in [0.2, 0.25) is 0 Å². The number of para-hydroxylation sites is 1. The minimum atomic E-state index is -0.545. The molecule has 0 saturated heterocycles. The van der Waals surface area contributed by atoms with E-state index in [4.69, 9.17) is 4.42 Å². The second-order valence-corrected chi connectivity index (χ2v) is 4.24. The van der Waals surface area contributed by atoms with Gasteiger partial charge in [-0.2, -0.15) is 0 Å². The van der Waals surface area contributed by atoms with Crippen molar-refractivity contribution >= 4 is 26.9 Å². The van der Waals surface area contributed by atoms with E-state index in [2.05, 4.69) is 21.2 Å². The van der Waals surface area contributed by atoms with Gasteiger partial charge in [-0.15, -0.1) is 0 Å². The van der Waals surface area contributed by atoms with Crippen LogP contribution in [0.25, 0.3) is 11.0 Å². The van der Waals surface area contributed by atoms with Gasteiger partial charge in [0, 0.05) is 17.5 Å². The molecule has 15 heavy (non-hydrogen) atoms. The Morgan fingerprint density at radius 1 is 1.53 bits per heavy atom. The third kappa shape index (κ3) is 1.93. The maximum atomic E-state index is 9.89. The SMILES string of the molecule is CNCC(O)c1cccc2c(Br)coc12. The van der Waals surface area contributed by atoms with Crippen molar-refractivity contribution in [1.82, 2.24) is 5.32 Å². The number of likely N-dealkylation sites (N-methyl/N-ethyl adjacent to an activating group) is 1. The monoisotopic (exact) mass is 269 g/mol. The van der Waals surface area contributed by atoms with Gasteiger partial charge in [-0.1, -0.05) is 12.1 Å². The number of aliphatic hydroxyl groups excluding tert-OH is 1. The summed E-state index contributed by atoms with van der Waals surface area (Å²) in [6.07, 6.45) is 1.09. The fourth-order valence-electron chi connectivity index (χ4n) is 1.61. The van der Waals surface area contributed by atoms with Crippen molar-refractivity contribution in [3.8, 4) is 0 Å². The molecule has 0 aliphatic rings. The molecule has 2 aromatic rings. The number of hydrogen-bond acceptors (Lipinski definition) is 3. The maximum Gasteiger partial charge on any atom is 0.140 e. The van der Waals surface area contributed by atoms with Crippen LogP contribution in [-0.2, 0) is 0 Å². The highest BCUT2D eigenvalue weighted by Crippen LogP contribution is 2.31. The topological polar surface area (TPSA) is 45.4 Å². The number of fused-ring (bicyclic) bond motifs is 1. The van der Waals surface area contributed by atoms with E-state index in [1.54, 1.807) is 13.3 Å². The van der Waals surface area contributed by atoms with E-state index < -0.39 is 6.10 Å². The number of nitrogens with one attached hydrogen (secondary N) is 1. The van der Waals surface area contributed by atoms with Crippen molar-refractivity contribution in [3.63, 3.8) is 0 Å².